The molecule has 3 aromatic rings. The molecule has 1 aromatic heterocycles. The molecule has 26 heavy (non-hydrogen) atoms. The average molecular weight is 369 g/mol. The predicted molar refractivity (Wildman–Crippen MR) is 104 cm³/mol. The molecule has 1 atom stereocenters. The third-order valence-corrected chi connectivity index (χ3v) is 5.24. The van der Waals surface area contributed by atoms with Crippen LogP contribution in [-0.2, 0) is 11.2 Å². The third-order valence-electron chi connectivity index (χ3n) is 4.28. The minimum Gasteiger partial charge on any atom is -0.328 e. The minimum absolute atomic E-state index is 0.0484. The van der Waals surface area contributed by atoms with E-state index in [1.54, 1.807) is 29.5 Å². The zero-order valence-corrected chi connectivity index (χ0v) is 15.4. The predicted octanol–water partition coefficient (Wildman–Crippen LogP) is 3.74. The van der Waals surface area contributed by atoms with Crippen LogP contribution in [0.3, 0.4) is 0 Å². The molecular formula is C21H22FN2OS+. The van der Waals surface area contributed by atoms with Gasteiger partial charge in [-0.05, 0) is 35.6 Å². The highest BCUT2D eigenvalue weighted by molar-refractivity contribution is 7.10. The molecule has 5 heteroatoms. The van der Waals surface area contributed by atoms with Gasteiger partial charge in [0.15, 0.2) is 6.54 Å². The van der Waals surface area contributed by atoms with Crippen LogP contribution in [0.5, 0.6) is 0 Å². The minimum atomic E-state index is -0.425. The van der Waals surface area contributed by atoms with Gasteiger partial charge >= 0.3 is 0 Å². The number of benzene rings is 2. The molecule has 0 radical (unpaired) electrons. The molecule has 0 aliphatic rings. The van der Waals surface area contributed by atoms with Crippen LogP contribution in [0.15, 0.2) is 66.0 Å². The van der Waals surface area contributed by atoms with E-state index < -0.39 is 5.82 Å². The second kappa shape index (κ2) is 8.74. The largest absolute Gasteiger partial charge is 0.328 e. The molecule has 2 aromatic carbocycles. The fourth-order valence-corrected chi connectivity index (χ4v) is 3.68. The number of amides is 1. The Kier molecular flexibility index (Phi) is 6.15. The van der Waals surface area contributed by atoms with Crippen LogP contribution in [0.2, 0.25) is 0 Å². The molecular weight excluding hydrogens is 347 g/mol. The lowest BCUT2D eigenvalue weighted by molar-refractivity contribution is -0.675. The standard InChI is InChI=1S/C21H21FN2OS/c1-2-15-9-11-16(12-10-15)21(19-8-5-13-26-19)23-14-20(25)24-18-7-4-3-6-17(18)22/h3-13,21,23H,2,14H2,1H3,(H,24,25)/p+1/t21-/m0/s1. The van der Waals surface area contributed by atoms with Crippen LogP contribution in [0.25, 0.3) is 0 Å². The summed E-state index contributed by atoms with van der Waals surface area (Å²) in [6.07, 6.45) is 0.999. The first-order valence-corrected chi connectivity index (χ1v) is 9.55. The number of halogens is 1. The Morgan fingerprint density at radius 2 is 1.88 bits per heavy atom. The van der Waals surface area contributed by atoms with Crippen molar-refractivity contribution in [3.8, 4) is 0 Å². The van der Waals surface area contributed by atoms with Gasteiger partial charge in [0.25, 0.3) is 5.91 Å². The number of rotatable bonds is 7. The number of hydrogen-bond donors (Lipinski definition) is 2. The zero-order chi connectivity index (χ0) is 18.4. The lowest BCUT2D eigenvalue weighted by Crippen LogP contribution is -2.87. The van der Waals surface area contributed by atoms with E-state index in [9.17, 15) is 9.18 Å². The summed E-state index contributed by atoms with van der Waals surface area (Å²) < 4.78 is 13.7. The number of aryl methyl sites for hydroxylation is 1. The van der Waals surface area contributed by atoms with Crippen molar-refractivity contribution in [3.63, 3.8) is 0 Å². The first-order chi connectivity index (χ1) is 12.7. The van der Waals surface area contributed by atoms with Crippen LogP contribution in [-0.4, -0.2) is 12.5 Å². The lowest BCUT2D eigenvalue weighted by Gasteiger charge is -2.15. The quantitative estimate of drug-likeness (QED) is 0.655. The van der Waals surface area contributed by atoms with Gasteiger partial charge in [-0.1, -0.05) is 49.4 Å². The maximum absolute atomic E-state index is 13.7. The Morgan fingerprint density at radius 1 is 1.12 bits per heavy atom. The number of quaternary nitrogens is 1. The van der Waals surface area contributed by atoms with Gasteiger partial charge in [0.2, 0.25) is 0 Å². The number of anilines is 1. The number of carbonyl (C=O) groups is 1. The van der Waals surface area contributed by atoms with Crippen LogP contribution < -0.4 is 10.6 Å². The number of para-hydroxylation sites is 1. The zero-order valence-electron chi connectivity index (χ0n) is 14.6. The maximum Gasteiger partial charge on any atom is 0.279 e. The number of thiophene rings is 1. The molecule has 0 aliphatic carbocycles. The Labute approximate surface area is 156 Å². The molecule has 3 rings (SSSR count). The summed E-state index contributed by atoms with van der Waals surface area (Å²) in [7, 11) is 0. The average Bonchev–Trinajstić information content (AvgIpc) is 3.19. The van der Waals surface area contributed by atoms with E-state index in [1.165, 1.54) is 16.5 Å². The van der Waals surface area contributed by atoms with Gasteiger partial charge in [0.05, 0.1) is 10.6 Å². The summed E-state index contributed by atoms with van der Waals surface area (Å²) in [6, 6.07) is 18.8. The van der Waals surface area contributed by atoms with E-state index >= 15 is 0 Å². The van der Waals surface area contributed by atoms with E-state index in [1.807, 2.05) is 16.8 Å². The van der Waals surface area contributed by atoms with Crippen LogP contribution in [0.1, 0.15) is 29.0 Å². The summed E-state index contributed by atoms with van der Waals surface area (Å²) >= 11 is 1.67. The van der Waals surface area contributed by atoms with Gasteiger partial charge < -0.3 is 10.6 Å². The molecule has 134 valence electrons. The second-order valence-corrected chi connectivity index (χ2v) is 7.04. The highest BCUT2D eigenvalue weighted by Gasteiger charge is 2.20. The summed E-state index contributed by atoms with van der Waals surface area (Å²) in [4.78, 5) is 13.5. The van der Waals surface area contributed by atoms with Crippen molar-refractivity contribution in [2.24, 2.45) is 0 Å². The van der Waals surface area contributed by atoms with Crippen molar-refractivity contribution in [1.29, 1.82) is 0 Å². The summed E-state index contributed by atoms with van der Waals surface area (Å²) in [5.41, 5.74) is 2.66. The molecule has 0 unspecified atom stereocenters. The summed E-state index contributed by atoms with van der Waals surface area (Å²) in [5, 5.41) is 6.67. The first kappa shape index (κ1) is 18.3. The molecule has 3 N–H and O–H groups in total. The molecule has 0 saturated carbocycles. The molecule has 0 saturated heterocycles. The monoisotopic (exact) mass is 369 g/mol. The highest BCUT2D eigenvalue weighted by atomic mass is 32.1. The SMILES string of the molecule is CCc1ccc([C@H]([NH2+]CC(=O)Nc2ccccc2F)c2cccs2)cc1. The van der Waals surface area contributed by atoms with Crippen molar-refractivity contribution in [3.05, 3.63) is 87.9 Å². The van der Waals surface area contributed by atoms with Gasteiger partial charge in [-0.25, -0.2) is 4.39 Å². The van der Waals surface area contributed by atoms with Crippen LogP contribution >= 0.6 is 11.3 Å². The summed E-state index contributed by atoms with van der Waals surface area (Å²) in [6.45, 7) is 2.34. The number of hydrogen-bond acceptors (Lipinski definition) is 2. The van der Waals surface area contributed by atoms with Gasteiger partial charge in [-0.3, -0.25) is 4.79 Å². The van der Waals surface area contributed by atoms with Crippen molar-refractivity contribution < 1.29 is 14.5 Å². The van der Waals surface area contributed by atoms with Crippen molar-refractivity contribution in [2.75, 3.05) is 11.9 Å². The van der Waals surface area contributed by atoms with E-state index in [-0.39, 0.29) is 24.2 Å². The molecule has 1 heterocycles. The van der Waals surface area contributed by atoms with Gasteiger partial charge in [0.1, 0.15) is 11.9 Å². The third kappa shape index (κ3) is 4.56. The summed E-state index contributed by atoms with van der Waals surface area (Å²) in [5.74, 6) is -0.646. The van der Waals surface area contributed by atoms with Gasteiger partial charge in [-0.15, -0.1) is 11.3 Å². The van der Waals surface area contributed by atoms with E-state index in [4.69, 9.17) is 0 Å². The molecule has 0 fully saturated rings. The topological polar surface area (TPSA) is 45.7 Å². The lowest BCUT2D eigenvalue weighted by atomic mass is 10.0. The Morgan fingerprint density at radius 3 is 2.54 bits per heavy atom. The van der Waals surface area contributed by atoms with Crippen LogP contribution in [0, 0.1) is 5.82 Å². The maximum atomic E-state index is 13.7. The number of nitrogens with one attached hydrogen (secondary N) is 1. The van der Waals surface area contributed by atoms with E-state index in [0.717, 1.165) is 12.0 Å². The van der Waals surface area contributed by atoms with Crippen molar-refractivity contribution in [2.45, 2.75) is 19.4 Å². The molecule has 0 bridgehead atoms. The van der Waals surface area contributed by atoms with Crippen molar-refractivity contribution >= 4 is 22.9 Å². The highest BCUT2D eigenvalue weighted by Crippen LogP contribution is 2.23. The van der Waals surface area contributed by atoms with Gasteiger partial charge in [0, 0.05) is 5.56 Å². The van der Waals surface area contributed by atoms with Crippen LogP contribution in [0.4, 0.5) is 10.1 Å². The smallest absolute Gasteiger partial charge is 0.279 e. The molecule has 0 spiro atoms. The number of carbonyl (C=O) groups excluding carboxylic acids is 1. The fraction of sp³-hybridized carbons (Fsp3) is 0.190. The normalized spacial score (nSPS) is 11.9. The fourth-order valence-electron chi connectivity index (χ4n) is 2.83. The molecule has 1 amide bonds. The molecule has 3 nitrogen and oxygen atoms in total. The Bertz CT molecular complexity index is 847. The Balaban J connectivity index is 1.70. The van der Waals surface area contributed by atoms with Gasteiger partial charge in [-0.2, -0.15) is 0 Å². The number of nitrogens with two attached hydrogens (primary N) is 1. The second-order valence-electron chi connectivity index (χ2n) is 6.06. The first-order valence-electron chi connectivity index (χ1n) is 8.67. The van der Waals surface area contributed by atoms with E-state index in [2.05, 4.69) is 42.6 Å². The van der Waals surface area contributed by atoms with E-state index in [0.29, 0.717) is 0 Å². The Hall–Kier alpha value is -2.50. The van der Waals surface area contributed by atoms with Crippen molar-refractivity contribution in [1.82, 2.24) is 0 Å². The molecule has 0 aliphatic heterocycles.